The molecule has 0 radical (unpaired) electrons. The number of nitrogens with zero attached hydrogens (tertiary/aromatic N) is 2. The van der Waals surface area contributed by atoms with Crippen LogP contribution in [0.15, 0.2) is 47.0 Å². The number of furan rings is 1. The number of hydrogen-bond donors (Lipinski definition) is 1. The van der Waals surface area contributed by atoms with Crippen molar-refractivity contribution in [1.82, 2.24) is 9.78 Å². The van der Waals surface area contributed by atoms with Gasteiger partial charge in [0.1, 0.15) is 11.5 Å². The first-order valence-corrected chi connectivity index (χ1v) is 7.56. The second-order valence-corrected chi connectivity index (χ2v) is 5.68. The van der Waals surface area contributed by atoms with Crippen molar-refractivity contribution in [3.63, 3.8) is 0 Å². The van der Waals surface area contributed by atoms with Gasteiger partial charge in [-0.15, -0.1) is 0 Å². The number of carbonyl (C=O) groups is 1. The van der Waals surface area contributed by atoms with E-state index in [1.54, 1.807) is 29.9 Å². The minimum absolute atomic E-state index is 0.234. The van der Waals surface area contributed by atoms with Crippen LogP contribution in [0.2, 0.25) is 5.02 Å². The molecule has 0 atom stereocenters. The maximum Gasteiger partial charge on any atom is 0.260 e. The van der Waals surface area contributed by atoms with E-state index in [0.29, 0.717) is 34.5 Å². The van der Waals surface area contributed by atoms with Gasteiger partial charge in [-0.1, -0.05) is 29.8 Å². The number of carbonyl (C=O) groups excluding carboxylic acids is 1. The van der Waals surface area contributed by atoms with E-state index in [4.69, 9.17) is 16.0 Å². The summed E-state index contributed by atoms with van der Waals surface area (Å²) in [5, 5.41) is 7.81. The standard InChI is InChI=1S/C17H16ClN3O2/c1-11-9-14(12(2)23-11)17(22)19-16-7-8-21(20-16)10-13-5-3-4-6-15(13)18/h3-9H,10H2,1-2H3,(H,19,20,22). The highest BCUT2D eigenvalue weighted by molar-refractivity contribution is 6.31. The first-order chi connectivity index (χ1) is 11.0. The Morgan fingerprint density at radius 1 is 1.30 bits per heavy atom. The molecule has 2 aromatic heterocycles. The van der Waals surface area contributed by atoms with E-state index in [2.05, 4.69) is 10.4 Å². The van der Waals surface area contributed by atoms with Crippen LogP contribution in [0.25, 0.3) is 0 Å². The summed E-state index contributed by atoms with van der Waals surface area (Å²) in [5.74, 6) is 1.55. The average Bonchev–Trinajstić information content (AvgIpc) is 3.07. The Morgan fingerprint density at radius 2 is 2.09 bits per heavy atom. The van der Waals surface area contributed by atoms with Gasteiger partial charge in [0.05, 0.1) is 12.1 Å². The predicted octanol–water partition coefficient (Wildman–Crippen LogP) is 4.05. The molecule has 6 heteroatoms. The molecular formula is C17H16ClN3O2. The molecule has 3 aromatic rings. The Bertz CT molecular complexity index is 851. The van der Waals surface area contributed by atoms with Gasteiger partial charge in [0, 0.05) is 17.3 Å². The molecule has 1 aromatic carbocycles. The summed E-state index contributed by atoms with van der Waals surface area (Å²) >= 11 is 6.14. The predicted molar refractivity (Wildman–Crippen MR) is 88.9 cm³/mol. The third-order valence-electron chi connectivity index (χ3n) is 3.46. The molecule has 2 heterocycles. The van der Waals surface area contributed by atoms with Gasteiger partial charge in [-0.2, -0.15) is 5.10 Å². The van der Waals surface area contributed by atoms with E-state index >= 15 is 0 Å². The Kier molecular flexibility index (Phi) is 4.21. The van der Waals surface area contributed by atoms with E-state index in [1.807, 2.05) is 31.2 Å². The molecular weight excluding hydrogens is 314 g/mol. The van der Waals surface area contributed by atoms with E-state index in [9.17, 15) is 4.79 Å². The Morgan fingerprint density at radius 3 is 2.78 bits per heavy atom. The molecule has 5 nitrogen and oxygen atoms in total. The summed E-state index contributed by atoms with van der Waals surface area (Å²) in [6.45, 7) is 4.11. The van der Waals surface area contributed by atoms with E-state index in [1.165, 1.54) is 0 Å². The number of aryl methyl sites for hydroxylation is 2. The largest absolute Gasteiger partial charge is 0.466 e. The second kappa shape index (κ2) is 6.30. The molecule has 0 aliphatic heterocycles. The van der Waals surface area contributed by atoms with Crippen LogP contribution in [-0.2, 0) is 6.54 Å². The van der Waals surface area contributed by atoms with Crippen molar-refractivity contribution >= 4 is 23.3 Å². The molecule has 23 heavy (non-hydrogen) atoms. The summed E-state index contributed by atoms with van der Waals surface area (Å²) in [7, 11) is 0. The fourth-order valence-electron chi connectivity index (χ4n) is 2.36. The lowest BCUT2D eigenvalue weighted by atomic mass is 10.2. The highest BCUT2D eigenvalue weighted by Gasteiger charge is 2.14. The van der Waals surface area contributed by atoms with Gasteiger partial charge in [0.25, 0.3) is 5.91 Å². The van der Waals surface area contributed by atoms with E-state index in [0.717, 1.165) is 5.56 Å². The molecule has 0 aliphatic rings. The highest BCUT2D eigenvalue weighted by atomic mass is 35.5. The molecule has 0 fully saturated rings. The quantitative estimate of drug-likeness (QED) is 0.785. The monoisotopic (exact) mass is 329 g/mol. The van der Waals surface area contributed by atoms with Crippen molar-refractivity contribution in [3.05, 3.63) is 70.3 Å². The summed E-state index contributed by atoms with van der Waals surface area (Å²) in [6.07, 6.45) is 1.80. The molecule has 0 spiro atoms. The van der Waals surface area contributed by atoms with E-state index in [-0.39, 0.29) is 5.91 Å². The fraction of sp³-hybridized carbons (Fsp3) is 0.176. The van der Waals surface area contributed by atoms with Gasteiger partial charge in [0.15, 0.2) is 5.82 Å². The third kappa shape index (κ3) is 3.46. The lowest BCUT2D eigenvalue weighted by molar-refractivity contribution is 0.102. The van der Waals surface area contributed by atoms with Crippen LogP contribution in [0.5, 0.6) is 0 Å². The molecule has 0 saturated carbocycles. The summed E-state index contributed by atoms with van der Waals surface area (Å²) in [5.41, 5.74) is 1.49. The topological polar surface area (TPSA) is 60.1 Å². The summed E-state index contributed by atoms with van der Waals surface area (Å²) in [4.78, 5) is 12.2. The van der Waals surface area contributed by atoms with Crippen molar-refractivity contribution in [3.8, 4) is 0 Å². The van der Waals surface area contributed by atoms with Gasteiger partial charge in [-0.05, 0) is 31.5 Å². The van der Waals surface area contributed by atoms with Gasteiger partial charge in [-0.25, -0.2) is 0 Å². The van der Waals surface area contributed by atoms with Crippen molar-refractivity contribution in [1.29, 1.82) is 0 Å². The van der Waals surface area contributed by atoms with Crippen molar-refractivity contribution in [2.45, 2.75) is 20.4 Å². The maximum absolute atomic E-state index is 12.2. The minimum Gasteiger partial charge on any atom is -0.466 e. The zero-order valence-corrected chi connectivity index (χ0v) is 13.6. The van der Waals surface area contributed by atoms with Gasteiger partial charge in [-0.3, -0.25) is 9.48 Å². The van der Waals surface area contributed by atoms with Gasteiger partial charge < -0.3 is 9.73 Å². The molecule has 0 bridgehead atoms. The van der Waals surface area contributed by atoms with Crippen molar-refractivity contribution in [2.24, 2.45) is 0 Å². The average molecular weight is 330 g/mol. The number of nitrogens with one attached hydrogen (secondary N) is 1. The van der Waals surface area contributed by atoms with Crippen LogP contribution >= 0.6 is 11.6 Å². The first kappa shape index (κ1) is 15.4. The smallest absolute Gasteiger partial charge is 0.260 e. The van der Waals surface area contributed by atoms with Crippen molar-refractivity contribution in [2.75, 3.05) is 5.32 Å². The Balaban J connectivity index is 1.71. The summed E-state index contributed by atoms with van der Waals surface area (Å²) < 4.78 is 7.10. The number of anilines is 1. The van der Waals surface area contributed by atoms with Crippen LogP contribution in [0, 0.1) is 13.8 Å². The molecule has 118 valence electrons. The van der Waals surface area contributed by atoms with Crippen LogP contribution in [0.4, 0.5) is 5.82 Å². The molecule has 0 aliphatic carbocycles. The fourth-order valence-corrected chi connectivity index (χ4v) is 2.55. The molecule has 0 unspecified atom stereocenters. The first-order valence-electron chi connectivity index (χ1n) is 7.18. The number of aromatic nitrogens is 2. The second-order valence-electron chi connectivity index (χ2n) is 5.27. The minimum atomic E-state index is -0.234. The molecule has 1 amide bonds. The summed E-state index contributed by atoms with van der Waals surface area (Å²) in [6, 6.07) is 11.1. The normalized spacial score (nSPS) is 10.7. The number of rotatable bonds is 4. The van der Waals surface area contributed by atoms with Gasteiger partial charge >= 0.3 is 0 Å². The lowest BCUT2D eigenvalue weighted by Crippen LogP contribution is -2.13. The SMILES string of the molecule is Cc1cc(C(=O)Nc2ccn(Cc3ccccc3Cl)n2)c(C)o1. The van der Waals surface area contributed by atoms with Crippen LogP contribution < -0.4 is 5.32 Å². The van der Waals surface area contributed by atoms with Crippen molar-refractivity contribution < 1.29 is 9.21 Å². The van der Waals surface area contributed by atoms with Crippen LogP contribution in [0.3, 0.4) is 0 Å². The zero-order valence-electron chi connectivity index (χ0n) is 12.8. The Labute approximate surface area is 138 Å². The van der Waals surface area contributed by atoms with Crippen LogP contribution in [-0.4, -0.2) is 15.7 Å². The molecule has 0 saturated heterocycles. The zero-order chi connectivity index (χ0) is 16.4. The number of halogens is 1. The molecule has 1 N–H and O–H groups in total. The van der Waals surface area contributed by atoms with E-state index < -0.39 is 0 Å². The number of hydrogen-bond acceptors (Lipinski definition) is 3. The lowest BCUT2D eigenvalue weighted by Gasteiger charge is -2.04. The maximum atomic E-state index is 12.2. The molecule has 3 rings (SSSR count). The highest BCUT2D eigenvalue weighted by Crippen LogP contribution is 2.18. The number of amides is 1. The van der Waals surface area contributed by atoms with Gasteiger partial charge in [0.2, 0.25) is 0 Å². The number of benzene rings is 1. The Hall–Kier alpha value is -2.53. The third-order valence-corrected chi connectivity index (χ3v) is 3.83. The van der Waals surface area contributed by atoms with Crippen LogP contribution in [0.1, 0.15) is 27.4 Å².